The number of aliphatic carboxylic acids is 2. The van der Waals surface area contributed by atoms with E-state index in [0.717, 1.165) is 0 Å². The van der Waals surface area contributed by atoms with Crippen molar-refractivity contribution in [3.05, 3.63) is 0 Å². The Balaban J connectivity index is 4.13. The Bertz CT molecular complexity index is 279. The molecule has 0 spiro atoms. The number of hydrogen-bond donors (Lipinski definition) is 3. The molecule has 0 aromatic heterocycles. The van der Waals surface area contributed by atoms with E-state index in [2.05, 4.69) is 5.32 Å². The van der Waals surface area contributed by atoms with E-state index in [0.29, 0.717) is 0 Å². The molecule has 0 fully saturated rings. The van der Waals surface area contributed by atoms with Gasteiger partial charge >= 0.3 is 11.9 Å². The van der Waals surface area contributed by atoms with Crippen LogP contribution in [0, 0.1) is 0 Å². The number of rotatable bonds is 7. The van der Waals surface area contributed by atoms with Gasteiger partial charge in [-0.3, -0.25) is 9.59 Å². The lowest BCUT2D eigenvalue weighted by Gasteiger charge is -2.12. The van der Waals surface area contributed by atoms with Crippen LogP contribution in [-0.2, 0) is 14.4 Å². The molecule has 0 saturated carbocycles. The third-order valence-corrected chi connectivity index (χ3v) is 2.66. The summed E-state index contributed by atoms with van der Waals surface area (Å²) in [6.45, 7) is 3.81. The minimum Gasteiger partial charge on any atom is -0.481 e. The SMILES string of the molecule is CC(C)SCC(=O)N[C@H](CC(=O)O)C(=O)O. The fourth-order valence-electron chi connectivity index (χ4n) is 0.853. The van der Waals surface area contributed by atoms with E-state index < -0.39 is 30.3 Å². The summed E-state index contributed by atoms with van der Waals surface area (Å²) in [5, 5.41) is 19.5. The van der Waals surface area contributed by atoms with Gasteiger partial charge in [-0.25, -0.2) is 4.79 Å². The zero-order valence-electron chi connectivity index (χ0n) is 9.10. The average molecular weight is 249 g/mol. The van der Waals surface area contributed by atoms with Gasteiger partial charge in [0.1, 0.15) is 6.04 Å². The van der Waals surface area contributed by atoms with Crippen LogP contribution in [0.3, 0.4) is 0 Å². The molecule has 0 rings (SSSR count). The summed E-state index contributed by atoms with van der Waals surface area (Å²) in [7, 11) is 0. The molecule has 16 heavy (non-hydrogen) atoms. The predicted molar refractivity (Wildman–Crippen MR) is 59.4 cm³/mol. The van der Waals surface area contributed by atoms with Gasteiger partial charge in [-0.05, 0) is 5.25 Å². The molecule has 1 atom stereocenters. The number of thioether (sulfide) groups is 1. The normalized spacial score (nSPS) is 12.2. The maximum Gasteiger partial charge on any atom is 0.326 e. The Kier molecular flexibility index (Phi) is 6.55. The number of carbonyl (C=O) groups excluding carboxylic acids is 1. The van der Waals surface area contributed by atoms with Crippen LogP contribution in [-0.4, -0.2) is 45.1 Å². The topological polar surface area (TPSA) is 104 Å². The van der Waals surface area contributed by atoms with Gasteiger partial charge in [-0.1, -0.05) is 13.8 Å². The lowest BCUT2D eigenvalue weighted by molar-refractivity contribution is -0.147. The maximum atomic E-state index is 11.3. The summed E-state index contributed by atoms with van der Waals surface area (Å²) in [6.07, 6.45) is -0.618. The first-order valence-electron chi connectivity index (χ1n) is 4.68. The maximum absolute atomic E-state index is 11.3. The molecule has 0 heterocycles. The third-order valence-electron chi connectivity index (χ3n) is 1.56. The molecule has 0 aromatic carbocycles. The van der Waals surface area contributed by atoms with Gasteiger partial charge in [0.15, 0.2) is 0 Å². The second-order valence-electron chi connectivity index (χ2n) is 3.42. The molecule has 0 radical (unpaired) electrons. The summed E-state index contributed by atoms with van der Waals surface area (Å²) in [5.41, 5.74) is 0. The lowest BCUT2D eigenvalue weighted by Crippen LogP contribution is -2.43. The van der Waals surface area contributed by atoms with E-state index in [4.69, 9.17) is 10.2 Å². The van der Waals surface area contributed by atoms with Crippen LogP contribution in [0.25, 0.3) is 0 Å². The monoisotopic (exact) mass is 249 g/mol. The van der Waals surface area contributed by atoms with Crippen LogP contribution < -0.4 is 5.32 Å². The van der Waals surface area contributed by atoms with Crippen molar-refractivity contribution in [3.63, 3.8) is 0 Å². The Morgan fingerprint density at radius 2 is 1.81 bits per heavy atom. The quantitative estimate of drug-likeness (QED) is 0.594. The number of carbonyl (C=O) groups is 3. The van der Waals surface area contributed by atoms with E-state index >= 15 is 0 Å². The fourth-order valence-corrected chi connectivity index (χ4v) is 1.42. The lowest BCUT2D eigenvalue weighted by atomic mass is 10.2. The molecule has 92 valence electrons. The second kappa shape index (κ2) is 7.10. The highest BCUT2D eigenvalue weighted by molar-refractivity contribution is 8.00. The van der Waals surface area contributed by atoms with Gasteiger partial charge in [-0.15, -0.1) is 11.8 Å². The molecule has 0 aromatic rings. The molecule has 0 aliphatic rings. The predicted octanol–water partition coefficient (Wildman–Crippen LogP) is 0.172. The largest absolute Gasteiger partial charge is 0.481 e. The standard InChI is InChI=1S/C9H15NO5S/c1-5(2)16-4-7(11)10-6(9(14)15)3-8(12)13/h5-6H,3-4H2,1-2H3,(H,10,11)(H,12,13)(H,14,15)/t6-/m1/s1. The van der Waals surface area contributed by atoms with E-state index in [1.807, 2.05) is 13.8 Å². The van der Waals surface area contributed by atoms with Crippen LogP contribution in [0.1, 0.15) is 20.3 Å². The molecular formula is C9H15NO5S. The Hall–Kier alpha value is -1.24. The average Bonchev–Trinajstić information content (AvgIpc) is 2.12. The van der Waals surface area contributed by atoms with Crippen LogP contribution in [0.15, 0.2) is 0 Å². The number of carboxylic acid groups (broad SMARTS) is 2. The van der Waals surface area contributed by atoms with E-state index in [9.17, 15) is 14.4 Å². The highest BCUT2D eigenvalue weighted by atomic mass is 32.2. The van der Waals surface area contributed by atoms with Crippen molar-refractivity contribution in [2.45, 2.75) is 31.6 Å². The van der Waals surface area contributed by atoms with Crippen molar-refractivity contribution < 1.29 is 24.6 Å². The molecule has 3 N–H and O–H groups in total. The summed E-state index contributed by atoms with van der Waals surface area (Å²) in [6, 6.07) is -1.36. The second-order valence-corrected chi connectivity index (χ2v) is 4.98. The molecule has 0 bridgehead atoms. The van der Waals surface area contributed by atoms with Gasteiger partial charge < -0.3 is 15.5 Å². The van der Waals surface area contributed by atoms with Gasteiger partial charge in [0.25, 0.3) is 0 Å². The summed E-state index contributed by atoms with van der Waals surface area (Å²) < 4.78 is 0. The fraction of sp³-hybridized carbons (Fsp3) is 0.667. The highest BCUT2D eigenvalue weighted by Crippen LogP contribution is 2.08. The molecular weight excluding hydrogens is 234 g/mol. The van der Waals surface area contributed by atoms with Crippen LogP contribution in [0.5, 0.6) is 0 Å². The van der Waals surface area contributed by atoms with E-state index in [-0.39, 0.29) is 11.0 Å². The van der Waals surface area contributed by atoms with Crippen LogP contribution in [0.4, 0.5) is 0 Å². The van der Waals surface area contributed by atoms with Crippen molar-refractivity contribution >= 4 is 29.6 Å². The number of nitrogens with one attached hydrogen (secondary N) is 1. The first-order chi connectivity index (χ1) is 7.32. The van der Waals surface area contributed by atoms with Gasteiger partial charge in [-0.2, -0.15) is 0 Å². The number of hydrogen-bond acceptors (Lipinski definition) is 4. The molecule has 6 nitrogen and oxygen atoms in total. The van der Waals surface area contributed by atoms with Crippen molar-refractivity contribution in [3.8, 4) is 0 Å². The highest BCUT2D eigenvalue weighted by Gasteiger charge is 2.22. The smallest absolute Gasteiger partial charge is 0.326 e. The minimum atomic E-state index is -1.36. The van der Waals surface area contributed by atoms with Crippen molar-refractivity contribution in [2.24, 2.45) is 0 Å². The summed E-state index contributed by atoms with van der Waals surface area (Å²) >= 11 is 1.36. The summed E-state index contributed by atoms with van der Waals surface area (Å²) in [5.74, 6) is -2.94. The zero-order chi connectivity index (χ0) is 12.7. The molecule has 7 heteroatoms. The van der Waals surface area contributed by atoms with Gasteiger partial charge in [0, 0.05) is 0 Å². The Labute approximate surface area is 97.4 Å². The van der Waals surface area contributed by atoms with Gasteiger partial charge in [0.2, 0.25) is 5.91 Å². The van der Waals surface area contributed by atoms with E-state index in [1.165, 1.54) is 11.8 Å². The Morgan fingerprint density at radius 3 is 2.19 bits per heavy atom. The molecule has 0 saturated heterocycles. The third kappa shape index (κ3) is 7.10. The number of carboxylic acids is 2. The zero-order valence-corrected chi connectivity index (χ0v) is 9.91. The first kappa shape index (κ1) is 14.8. The summed E-state index contributed by atoms with van der Waals surface area (Å²) in [4.78, 5) is 32.2. The van der Waals surface area contributed by atoms with E-state index in [1.54, 1.807) is 0 Å². The van der Waals surface area contributed by atoms with Crippen molar-refractivity contribution in [1.82, 2.24) is 5.32 Å². The van der Waals surface area contributed by atoms with Crippen LogP contribution >= 0.6 is 11.8 Å². The van der Waals surface area contributed by atoms with Crippen molar-refractivity contribution in [1.29, 1.82) is 0 Å². The van der Waals surface area contributed by atoms with Crippen molar-refractivity contribution in [2.75, 3.05) is 5.75 Å². The molecule has 1 amide bonds. The minimum absolute atomic E-state index is 0.126. The van der Waals surface area contributed by atoms with Crippen LogP contribution in [0.2, 0.25) is 0 Å². The van der Waals surface area contributed by atoms with Gasteiger partial charge in [0.05, 0.1) is 12.2 Å². The number of amides is 1. The first-order valence-corrected chi connectivity index (χ1v) is 5.73. The molecule has 0 aliphatic heterocycles. The Morgan fingerprint density at radius 1 is 1.25 bits per heavy atom. The molecule has 0 unspecified atom stereocenters. The molecule has 0 aliphatic carbocycles.